The summed E-state index contributed by atoms with van der Waals surface area (Å²) < 4.78 is 5.49. The van der Waals surface area contributed by atoms with Gasteiger partial charge in [0.05, 0.1) is 13.2 Å². The first kappa shape index (κ1) is 14.1. The van der Waals surface area contributed by atoms with E-state index in [-0.39, 0.29) is 11.5 Å². The van der Waals surface area contributed by atoms with Crippen molar-refractivity contribution in [1.82, 2.24) is 0 Å². The van der Waals surface area contributed by atoms with E-state index in [2.05, 4.69) is 32.1 Å². The SMILES string of the molecule is COc1ccc2c(c1C)CCC1=C2CC[C@@]2(C)C1=CC[C@H]2O. The highest BCUT2D eigenvalue weighted by molar-refractivity contribution is 5.80. The lowest BCUT2D eigenvalue weighted by Gasteiger charge is -2.41. The van der Waals surface area contributed by atoms with Crippen LogP contribution >= 0.6 is 0 Å². The van der Waals surface area contributed by atoms with Gasteiger partial charge in [-0.05, 0) is 78.5 Å². The average molecular weight is 296 g/mol. The van der Waals surface area contributed by atoms with Gasteiger partial charge < -0.3 is 9.84 Å². The molecule has 4 rings (SSSR count). The highest BCUT2D eigenvalue weighted by atomic mass is 16.5. The van der Waals surface area contributed by atoms with Gasteiger partial charge in [0.1, 0.15) is 5.75 Å². The lowest BCUT2D eigenvalue weighted by Crippen LogP contribution is -2.33. The highest BCUT2D eigenvalue weighted by Crippen LogP contribution is 2.55. The summed E-state index contributed by atoms with van der Waals surface area (Å²) in [6, 6.07) is 4.35. The minimum atomic E-state index is -0.199. The van der Waals surface area contributed by atoms with Crippen LogP contribution in [0.1, 0.15) is 49.3 Å². The fourth-order valence-corrected chi connectivity index (χ4v) is 4.76. The molecule has 22 heavy (non-hydrogen) atoms. The van der Waals surface area contributed by atoms with E-state index in [1.165, 1.54) is 33.4 Å². The van der Waals surface area contributed by atoms with Crippen LogP contribution < -0.4 is 4.74 Å². The molecule has 3 aliphatic rings. The van der Waals surface area contributed by atoms with Crippen LogP contribution in [0.15, 0.2) is 29.4 Å². The summed E-state index contributed by atoms with van der Waals surface area (Å²) in [7, 11) is 1.75. The standard InChI is InChI=1S/C20H24O2/c1-12-13-4-5-16-15(14(13)6-8-18(12)22-3)10-11-20(2)17(16)7-9-19(20)21/h6-8,19,21H,4-5,9-11H2,1-3H3/t19-,20+/m1/s1. The lowest BCUT2D eigenvalue weighted by molar-refractivity contribution is 0.0728. The monoisotopic (exact) mass is 296 g/mol. The molecule has 1 aromatic carbocycles. The second kappa shape index (κ2) is 4.73. The third-order valence-electron chi connectivity index (χ3n) is 6.20. The van der Waals surface area contributed by atoms with Crippen LogP contribution in [-0.4, -0.2) is 18.3 Å². The van der Waals surface area contributed by atoms with E-state index in [0.29, 0.717) is 0 Å². The van der Waals surface area contributed by atoms with Crippen molar-refractivity contribution in [3.05, 3.63) is 46.0 Å². The summed E-state index contributed by atoms with van der Waals surface area (Å²) >= 11 is 0. The molecule has 2 atom stereocenters. The molecule has 0 radical (unpaired) electrons. The largest absolute Gasteiger partial charge is 0.496 e. The number of aliphatic hydroxyl groups is 1. The van der Waals surface area contributed by atoms with Gasteiger partial charge in [0, 0.05) is 5.41 Å². The zero-order chi connectivity index (χ0) is 15.5. The Morgan fingerprint density at radius 3 is 2.77 bits per heavy atom. The van der Waals surface area contributed by atoms with E-state index < -0.39 is 0 Å². The van der Waals surface area contributed by atoms with Gasteiger partial charge in [-0.1, -0.05) is 19.1 Å². The molecule has 0 spiro atoms. The third kappa shape index (κ3) is 1.70. The van der Waals surface area contributed by atoms with E-state index in [1.54, 1.807) is 7.11 Å². The van der Waals surface area contributed by atoms with Crippen LogP contribution in [0.3, 0.4) is 0 Å². The smallest absolute Gasteiger partial charge is 0.122 e. The summed E-state index contributed by atoms with van der Waals surface area (Å²) in [6.45, 7) is 4.42. The van der Waals surface area contributed by atoms with Crippen molar-refractivity contribution in [3.63, 3.8) is 0 Å². The number of rotatable bonds is 1. The van der Waals surface area contributed by atoms with Gasteiger partial charge in [0.2, 0.25) is 0 Å². The van der Waals surface area contributed by atoms with Gasteiger partial charge in [-0.3, -0.25) is 0 Å². The number of ether oxygens (including phenoxy) is 1. The Morgan fingerprint density at radius 2 is 2.00 bits per heavy atom. The Labute approximate surface area is 132 Å². The van der Waals surface area contributed by atoms with Gasteiger partial charge in [0.15, 0.2) is 0 Å². The van der Waals surface area contributed by atoms with Crippen LogP contribution in [0.25, 0.3) is 5.57 Å². The number of methoxy groups -OCH3 is 1. The van der Waals surface area contributed by atoms with Crippen LogP contribution in [0.5, 0.6) is 5.75 Å². The third-order valence-corrected chi connectivity index (χ3v) is 6.20. The predicted molar refractivity (Wildman–Crippen MR) is 89.0 cm³/mol. The van der Waals surface area contributed by atoms with E-state index in [4.69, 9.17) is 4.74 Å². The quantitative estimate of drug-likeness (QED) is 0.842. The van der Waals surface area contributed by atoms with E-state index >= 15 is 0 Å². The molecule has 0 bridgehead atoms. The van der Waals surface area contributed by atoms with Gasteiger partial charge in [-0.15, -0.1) is 0 Å². The second-order valence-corrected chi connectivity index (χ2v) is 7.16. The summed E-state index contributed by atoms with van der Waals surface area (Å²) in [5.74, 6) is 0.999. The number of allylic oxidation sites excluding steroid dienone is 2. The summed E-state index contributed by atoms with van der Waals surface area (Å²) in [5, 5.41) is 10.4. The predicted octanol–water partition coefficient (Wildman–Crippen LogP) is 4.19. The molecule has 0 unspecified atom stereocenters. The molecule has 0 saturated carbocycles. The molecule has 3 aliphatic carbocycles. The van der Waals surface area contributed by atoms with Gasteiger partial charge >= 0.3 is 0 Å². The van der Waals surface area contributed by atoms with Crippen molar-refractivity contribution in [3.8, 4) is 5.75 Å². The minimum Gasteiger partial charge on any atom is -0.496 e. The Morgan fingerprint density at radius 1 is 1.18 bits per heavy atom. The molecule has 2 heteroatoms. The maximum atomic E-state index is 10.4. The van der Waals surface area contributed by atoms with E-state index in [1.807, 2.05) is 0 Å². The number of hydrogen-bond acceptors (Lipinski definition) is 2. The average Bonchev–Trinajstić information content (AvgIpc) is 2.83. The molecule has 0 amide bonds. The number of fused-ring (bicyclic) bond motifs is 4. The van der Waals surface area contributed by atoms with Crippen LogP contribution in [0, 0.1) is 12.3 Å². The summed E-state index contributed by atoms with van der Waals surface area (Å²) in [4.78, 5) is 0. The fraction of sp³-hybridized carbons (Fsp3) is 0.500. The molecule has 1 N–H and O–H groups in total. The summed E-state index contributed by atoms with van der Waals surface area (Å²) in [6.07, 6.45) is 7.24. The zero-order valence-electron chi connectivity index (χ0n) is 13.7. The normalized spacial score (nSPS) is 29.6. The van der Waals surface area contributed by atoms with Crippen molar-refractivity contribution in [1.29, 1.82) is 0 Å². The zero-order valence-corrected chi connectivity index (χ0v) is 13.7. The summed E-state index contributed by atoms with van der Waals surface area (Å²) in [5.41, 5.74) is 8.62. The van der Waals surface area contributed by atoms with Crippen molar-refractivity contribution in [2.45, 2.75) is 52.1 Å². The van der Waals surface area contributed by atoms with Crippen molar-refractivity contribution in [2.75, 3.05) is 7.11 Å². The maximum absolute atomic E-state index is 10.4. The molecule has 1 aromatic rings. The Hall–Kier alpha value is -1.54. The molecule has 0 aromatic heterocycles. The van der Waals surface area contributed by atoms with Crippen molar-refractivity contribution >= 4 is 5.57 Å². The van der Waals surface area contributed by atoms with Gasteiger partial charge in [-0.25, -0.2) is 0 Å². The second-order valence-electron chi connectivity index (χ2n) is 7.16. The molecule has 0 aliphatic heterocycles. The van der Waals surface area contributed by atoms with E-state index in [0.717, 1.165) is 37.9 Å². The van der Waals surface area contributed by atoms with Crippen LogP contribution in [0.2, 0.25) is 0 Å². The molecule has 0 heterocycles. The first-order valence-corrected chi connectivity index (χ1v) is 8.34. The molecular formula is C20H24O2. The first-order valence-electron chi connectivity index (χ1n) is 8.34. The number of aliphatic hydroxyl groups excluding tert-OH is 1. The Kier molecular flexibility index (Phi) is 3.02. The number of benzene rings is 1. The molecule has 2 nitrogen and oxygen atoms in total. The Bertz CT molecular complexity index is 711. The lowest BCUT2D eigenvalue weighted by atomic mass is 9.65. The first-order chi connectivity index (χ1) is 10.6. The van der Waals surface area contributed by atoms with Crippen LogP contribution in [0.4, 0.5) is 0 Å². The Balaban J connectivity index is 1.86. The molecular weight excluding hydrogens is 272 g/mol. The van der Waals surface area contributed by atoms with E-state index in [9.17, 15) is 5.11 Å². The molecule has 0 saturated heterocycles. The van der Waals surface area contributed by atoms with Crippen molar-refractivity contribution < 1.29 is 9.84 Å². The van der Waals surface area contributed by atoms with Gasteiger partial charge in [-0.2, -0.15) is 0 Å². The van der Waals surface area contributed by atoms with Gasteiger partial charge in [0.25, 0.3) is 0 Å². The maximum Gasteiger partial charge on any atom is 0.122 e. The highest BCUT2D eigenvalue weighted by Gasteiger charge is 2.45. The number of hydrogen-bond donors (Lipinski definition) is 1. The van der Waals surface area contributed by atoms with Crippen LogP contribution in [-0.2, 0) is 6.42 Å². The molecule has 0 fully saturated rings. The molecule has 116 valence electrons. The van der Waals surface area contributed by atoms with Crippen molar-refractivity contribution in [2.24, 2.45) is 5.41 Å². The minimum absolute atomic E-state index is 0.0160. The topological polar surface area (TPSA) is 29.5 Å². The fourth-order valence-electron chi connectivity index (χ4n) is 4.76.